The number of rotatable bonds is 3. The smallest absolute Gasteiger partial charge is 0.255 e. The molecule has 0 aliphatic rings. The van der Waals surface area contributed by atoms with Gasteiger partial charge < -0.3 is 21.1 Å². The molecule has 0 unspecified atom stereocenters. The van der Waals surface area contributed by atoms with Crippen molar-refractivity contribution >= 4 is 11.6 Å². The van der Waals surface area contributed by atoms with Crippen LogP contribution in [0.3, 0.4) is 0 Å². The number of nitrogens with one attached hydrogen (secondary N) is 2. The molecule has 17 heavy (non-hydrogen) atoms. The second-order valence-electron chi connectivity index (χ2n) is 3.50. The lowest BCUT2D eigenvalue weighted by Crippen LogP contribution is -2.23. The molecule has 6 nitrogen and oxygen atoms in total. The Bertz CT molecular complexity index is 522. The van der Waals surface area contributed by atoms with Gasteiger partial charge in [-0.3, -0.25) is 4.79 Å². The number of hydrogen-bond acceptors (Lipinski definition) is 4. The van der Waals surface area contributed by atoms with Crippen molar-refractivity contribution in [3.8, 4) is 5.75 Å². The molecule has 0 aliphatic carbocycles. The number of imidazole rings is 1. The molecular formula is C11H12N4O2. The summed E-state index contributed by atoms with van der Waals surface area (Å²) >= 11 is 0. The lowest BCUT2D eigenvalue weighted by atomic mass is 10.1. The van der Waals surface area contributed by atoms with Crippen molar-refractivity contribution in [3.05, 3.63) is 42.0 Å². The fraction of sp³-hybridized carbons (Fsp3) is 0.0909. The minimum atomic E-state index is -0.385. The van der Waals surface area contributed by atoms with E-state index in [2.05, 4.69) is 15.3 Å². The number of anilines is 1. The van der Waals surface area contributed by atoms with Gasteiger partial charge in [0.25, 0.3) is 5.91 Å². The zero-order valence-electron chi connectivity index (χ0n) is 8.97. The largest absolute Gasteiger partial charge is 0.505 e. The van der Waals surface area contributed by atoms with Crippen LogP contribution < -0.4 is 11.1 Å². The Morgan fingerprint density at radius 3 is 3.06 bits per heavy atom. The number of carbonyl (C=O) groups is 1. The topological polar surface area (TPSA) is 104 Å². The number of carbonyl (C=O) groups excluding carboxylic acids is 1. The monoisotopic (exact) mass is 232 g/mol. The maximum Gasteiger partial charge on any atom is 0.255 e. The van der Waals surface area contributed by atoms with Gasteiger partial charge in [-0.05, 0) is 12.1 Å². The molecule has 5 N–H and O–H groups in total. The number of phenolic OH excluding ortho intramolecular Hbond substituents is 1. The van der Waals surface area contributed by atoms with Crippen LogP contribution in [-0.4, -0.2) is 21.0 Å². The highest BCUT2D eigenvalue weighted by atomic mass is 16.3. The lowest BCUT2D eigenvalue weighted by Gasteiger charge is -2.07. The molecule has 0 bridgehead atoms. The lowest BCUT2D eigenvalue weighted by molar-refractivity contribution is 0.0948. The Kier molecular flexibility index (Phi) is 2.95. The first-order valence-electron chi connectivity index (χ1n) is 5.01. The number of hydrogen-bond donors (Lipinski definition) is 4. The normalized spacial score (nSPS) is 10.1. The van der Waals surface area contributed by atoms with Crippen molar-refractivity contribution in [2.24, 2.45) is 0 Å². The van der Waals surface area contributed by atoms with Gasteiger partial charge in [0.2, 0.25) is 0 Å². The third-order valence-corrected chi connectivity index (χ3v) is 2.31. The van der Waals surface area contributed by atoms with Crippen LogP contribution >= 0.6 is 0 Å². The number of nitrogen functional groups attached to an aromatic ring is 1. The fourth-order valence-corrected chi connectivity index (χ4v) is 1.40. The molecule has 1 aromatic carbocycles. The number of benzene rings is 1. The van der Waals surface area contributed by atoms with Crippen LogP contribution in [0.25, 0.3) is 0 Å². The van der Waals surface area contributed by atoms with Crippen molar-refractivity contribution in [3.63, 3.8) is 0 Å². The summed E-state index contributed by atoms with van der Waals surface area (Å²) in [4.78, 5) is 18.4. The molecule has 0 saturated carbocycles. The Labute approximate surface area is 97.5 Å². The van der Waals surface area contributed by atoms with E-state index in [9.17, 15) is 9.90 Å². The number of nitrogens with two attached hydrogens (primary N) is 1. The van der Waals surface area contributed by atoms with Crippen molar-refractivity contribution in [2.45, 2.75) is 6.54 Å². The van der Waals surface area contributed by atoms with Crippen molar-refractivity contribution in [1.29, 1.82) is 0 Å². The van der Waals surface area contributed by atoms with Gasteiger partial charge in [0, 0.05) is 6.20 Å². The molecule has 0 saturated heterocycles. The van der Waals surface area contributed by atoms with E-state index in [-0.39, 0.29) is 22.9 Å². The molecule has 0 atom stereocenters. The minimum Gasteiger partial charge on any atom is -0.505 e. The first kappa shape index (κ1) is 11.0. The van der Waals surface area contributed by atoms with E-state index in [1.165, 1.54) is 18.5 Å². The predicted octanol–water partition coefficient (Wildman–Crippen LogP) is 0.628. The van der Waals surface area contributed by atoms with Crippen LogP contribution in [0, 0.1) is 0 Å². The number of aromatic nitrogens is 2. The Morgan fingerprint density at radius 1 is 1.53 bits per heavy atom. The molecule has 1 aromatic heterocycles. The quantitative estimate of drug-likeness (QED) is 0.460. The number of aromatic amines is 1. The van der Waals surface area contributed by atoms with Crippen LogP contribution in [-0.2, 0) is 6.54 Å². The minimum absolute atomic E-state index is 0.157. The van der Waals surface area contributed by atoms with Crippen molar-refractivity contribution in [1.82, 2.24) is 15.3 Å². The van der Waals surface area contributed by atoms with E-state index < -0.39 is 0 Å². The fourth-order valence-electron chi connectivity index (χ4n) is 1.40. The van der Waals surface area contributed by atoms with Crippen LogP contribution in [0.2, 0.25) is 0 Å². The van der Waals surface area contributed by atoms with Crippen molar-refractivity contribution < 1.29 is 9.90 Å². The number of H-pyrrole nitrogens is 1. The van der Waals surface area contributed by atoms with E-state index in [0.717, 1.165) is 5.69 Å². The van der Waals surface area contributed by atoms with Gasteiger partial charge in [-0.25, -0.2) is 4.98 Å². The van der Waals surface area contributed by atoms with Gasteiger partial charge in [0.1, 0.15) is 0 Å². The summed E-state index contributed by atoms with van der Waals surface area (Å²) in [6.07, 6.45) is 3.14. The van der Waals surface area contributed by atoms with Crippen LogP contribution in [0.15, 0.2) is 30.7 Å². The van der Waals surface area contributed by atoms with Gasteiger partial charge in [0.15, 0.2) is 5.75 Å². The highest BCUT2D eigenvalue weighted by Crippen LogP contribution is 2.24. The maximum atomic E-state index is 11.8. The number of aromatic hydroxyl groups is 1. The van der Waals surface area contributed by atoms with E-state index in [0.29, 0.717) is 6.54 Å². The third-order valence-electron chi connectivity index (χ3n) is 2.31. The highest BCUT2D eigenvalue weighted by molar-refractivity contribution is 5.98. The molecule has 6 heteroatoms. The predicted molar refractivity (Wildman–Crippen MR) is 62.3 cm³/mol. The zero-order chi connectivity index (χ0) is 12.3. The molecule has 1 heterocycles. The molecule has 88 valence electrons. The summed E-state index contributed by atoms with van der Waals surface area (Å²) in [6, 6.07) is 4.65. The van der Waals surface area contributed by atoms with Gasteiger partial charge in [-0.15, -0.1) is 0 Å². The molecule has 1 amide bonds. The number of amides is 1. The van der Waals surface area contributed by atoms with Crippen LogP contribution in [0.4, 0.5) is 5.69 Å². The second kappa shape index (κ2) is 4.56. The molecule has 2 aromatic rings. The van der Waals surface area contributed by atoms with E-state index >= 15 is 0 Å². The summed E-state index contributed by atoms with van der Waals surface area (Å²) in [5.41, 5.74) is 6.62. The third kappa shape index (κ3) is 2.36. The summed E-state index contributed by atoms with van der Waals surface area (Å²) in [6.45, 7) is 0.313. The summed E-state index contributed by atoms with van der Waals surface area (Å²) < 4.78 is 0. The average Bonchev–Trinajstić information content (AvgIpc) is 2.82. The van der Waals surface area contributed by atoms with Gasteiger partial charge in [0.05, 0.1) is 29.8 Å². The van der Waals surface area contributed by atoms with Crippen molar-refractivity contribution in [2.75, 3.05) is 5.73 Å². The number of para-hydroxylation sites is 1. The van der Waals surface area contributed by atoms with E-state index in [4.69, 9.17) is 5.73 Å². The standard InChI is InChI=1S/C11H12N4O2/c12-9-3-1-2-8(10(9)16)11(17)14-5-7-4-13-6-15-7/h1-4,6,16H,5,12H2,(H,13,15)(H,14,17). The average molecular weight is 232 g/mol. The van der Waals surface area contributed by atoms with Gasteiger partial charge >= 0.3 is 0 Å². The number of phenols is 1. The second-order valence-corrected chi connectivity index (χ2v) is 3.50. The summed E-state index contributed by atoms with van der Waals surface area (Å²) in [7, 11) is 0. The molecular weight excluding hydrogens is 220 g/mol. The zero-order valence-corrected chi connectivity index (χ0v) is 8.97. The SMILES string of the molecule is Nc1cccc(C(=O)NCc2cnc[nH]2)c1O. The van der Waals surface area contributed by atoms with Crippen LogP contribution in [0.5, 0.6) is 5.75 Å². The van der Waals surface area contributed by atoms with Gasteiger partial charge in [-0.1, -0.05) is 6.07 Å². The summed E-state index contributed by atoms with van der Waals surface area (Å²) in [5, 5.41) is 12.3. The molecule has 0 radical (unpaired) electrons. The maximum absolute atomic E-state index is 11.8. The molecule has 2 rings (SSSR count). The number of nitrogens with zero attached hydrogens (tertiary/aromatic N) is 1. The Morgan fingerprint density at radius 2 is 2.35 bits per heavy atom. The first-order chi connectivity index (χ1) is 8.18. The molecule has 0 fully saturated rings. The van der Waals surface area contributed by atoms with E-state index in [1.807, 2.05) is 0 Å². The van der Waals surface area contributed by atoms with Crippen LogP contribution in [0.1, 0.15) is 16.1 Å². The first-order valence-corrected chi connectivity index (χ1v) is 5.01. The Balaban J connectivity index is 2.07. The Hall–Kier alpha value is -2.50. The van der Waals surface area contributed by atoms with Gasteiger partial charge in [-0.2, -0.15) is 0 Å². The molecule has 0 aliphatic heterocycles. The van der Waals surface area contributed by atoms with E-state index in [1.54, 1.807) is 12.3 Å². The highest BCUT2D eigenvalue weighted by Gasteiger charge is 2.12. The molecule has 0 spiro atoms. The summed E-state index contributed by atoms with van der Waals surface area (Å²) in [5.74, 6) is -0.584.